The SMILES string of the molecule is COc1ccc(CC(=O)C2(C)CCCO2)cc1F. The van der Waals surface area contributed by atoms with Crippen LogP contribution in [-0.4, -0.2) is 25.1 Å². The smallest absolute Gasteiger partial charge is 0.168 e. The fourth-order valence-corrected chi connectivity index (χ4v) is 2.19. The number of methoxy groups -OCH3 is 1. The lowest BCUT2D eigenvalue weighted by Gasteiger charge is -2.21. The molecule has 18 heavy (non-hydrogen) atoms. The summed E-state index contributed by atoms with van der Waals surface area (Å²) in [6, 6.07) is 4.59. The summed E-state index contributed by atoms with van der Waals surface area (Å²) in [5.41, 5.74) is -0.0498. The number of carbonyl (C=O) groups is 1. The molecule has 0 saturated carbocycles. The fourth-order valence-electron chi connectivity index (χ4n) is 2.19. The largest absolute Gasteiger partial charge is 0.494 e. The molecule has 0 radical (unpaired) electrons. The first-order valence-electron chi connectivity index (χ1n) is 6.05. The van der Waals surface area contributed by atoms with Crippen LogP contribution in [0.5, 0.6) is 5.75 Å². The van der Waals surface area contributed by atoms with E-state index in [1.54, 1.807) is 6.07 Å². The maximum absolute atomic E-state index is 13.5. The number of ketones is 1. The summed E-state index contributed by atoms with van der Waals surface area (Å²) in [5, 5.41) is 0. The van der Waals surface area contributed by atoms with E-state index in [2.05, 4.69) is 0 Å². The van der Waals surface area contributed by atoms with Crippen molar-refractivity contribution in [3.05, 3.63) is 29.6 Å². The molecule has 98 valence electrons. The minimum atomic E-state index is -0.698. The molecule has 1 aromatic rings. The fraction of sp³-hybridized carbons (Fsp3) is 0.500. The number of ether oxygens (including phenoxy) is 2. The summed E-state index contributed by atoms with van der Waals surface area (Å²) in [4.78, 5) is 12.1. The Morgan fingerprint density at radius 3 is 2.89 bits per heavy atom. The molecule has 1 aliphatic heterocycles. The summed E-state index contributed by atoms with van der Waals surface area (Å²) in [6.07, 6.45) is 1.83. The quantitative estimate of drug-likeness (QED) is 0.826. The van der Waals surface area contributed by atoms with E-state index in [-0.39, 0.29) is 18.0 Å². The van der Waals surface area contributed by atoms with Gasteiger partial charge in [-0.05, 0) is 37.5 Å². The van der Waals surface area contributed by atoms with Crippen molar-refractivity contribution in [3.63, 3.8) is 0 Å². The van der Waals surface area contributed by atoms with E-state index >= 15 is 0 Å². The lowest BCUT2D eigenvalue weighted by Crippen LogP contribution is -2.35. The Labute approximate surface area is 106 Å². The van der Waals surface area contributed by atoms with Crippen LogP contribution in [-0.2, 0) is 16.0 Å². The molecule has 1 aromatic carbocycles. The Morgan fingerprint density at radius 1 is 1.56 bits per heavy atom. The average Bonchev–Trinajstić information content (AvgIpc) is 2.78. The van der Waals surface area contributed by atoms with Crippen LogP contribution in [0.4, 0.5) is 4.39 Å². The molecule has 1 atom stereocenters. The van der Waals surface area contributed by atoms with Gasteiger partial charge in [0.25, 0.3) is 0 Å². The second-order valence-electron chi connectivity index (χ2n) is 4.75. The van der Waals surface area contributed by atoms with E-state index in [1.807, 2.05) is 6.92 Å². The van der Waals surface area contributed by atoms with Crippen LogP contribution in [0.2, 0.25) is 0 Å². The number of benzene rings is 1. The van der Waals surface area contributed by atoms with Crippen molar-refractivity contribution in [2.45, 2.75) is 31.8 Å². The third-order valence-corrected chi connectivity index (χ3v) is 3.39. The molecular weight excluding hydrogens is 235 g/mol. The van der Waals surface area contributed by atoms with Gasteiger partial charge in [0.15, 0.2) is 17.3 Å². The van der Waals surface area contributed by atoms with Crippen molar-refractivity contribution in [2.24, 2.45) is 0 Å². The first-order chi connectivity index (χ1) is 8.55. The molecule has 1 heterocycles. The predicted octanol–water partition coefficient (Wildman–Crippen LogP) is 2.52. The molecule has 0 spiro atoms. The Hall–Kier alpha value is -1.42. The van der Waals surface area contributed by atoms with Gasteiger partial charge in [0.1, 0.15) is 5.60 Å². The Bertz CT molecular complexity index is 450. The highest BCUT2D eigenvalue weighted by molar-refractivity contribution is 5.89. The summed E-state index contributed by atoms with van der Waals surface area (Å²) >= 11 is 0. The van der Waals surface area contributed by atoms with E-state index in [0.29, 0.717) is 12.2 Å². The van der Waals surface area contributed by atoms with Gasteiger partial charge in [0, 0.05) is 13.0 Å². The van der Waals surface area contributed by atoms with Crippen molar-refractivity contribution < 1.29 is 18.7 Å². The first-order valence-corrected chi connectivity index (χ1v) is 6.05. The number of halogens is 1. The molecule has 0 amide bonds. The summed E-state index contributed by atoms with van der Waals surface area (Å²) in [7, 11) is 1.41. The Kier molecular flexibility index (Phi) is 3.66. The molecule has 0 bridgehead atoms. The molecule has 2 rings (SSSR count). The highest BCUT2D eigenvalue weighted by atomic mass is 19.1. The maximum atomic E-state index is 13.5. The molecule has 1 fully saturated rings. The van der Waals surface area contributed by atoms with Crippen LogP contribution in [0.15, 0.2) is 18.2 Å². The number of hydrogen-bond donors (Lipinski definition) is 0. The van der Waals surface area contributed by atoms with E-state index < -0.39 is 11.4 Å². The van der Waals surface area contributed by atoms with Crippen LogP contribution in [0.25, 0.3) is 0 Å². The number of carbonyl (C=O) groups excluding carboxylic acids is 1. The number of rotatable bonds is 4. The van der Waals surface area contributed by atoms with E-state index in [4.69, 9.17) is 9.47 Å². The van der Waals surface area contributed by atoms with Gasteiger partial charge < -0.3 is 9.47 Å². The molecule has 1 unspecified atom stereocenters. The van der Waals surface area contributed by atoms with Gasteiger partial charge in [-0.1, -0.05) is 6.07 Å². The van der Waals surface area contributed by atoms with Gasteiger partial charge in [0.05, 0.1) is 7.11 Å². The monoisotopic (exact) mass is 252 g/mol. The topological polar surface area (TPSA) is 35.5 Å². The second kappa shape index (κ2) is 5.06. The highest BCUT2D eigenvalue weighted by Crippen LogP contribution is 2.28. The molecule has 0 N–H and O–H groups in total. The van der Waals surface area contributed by atoms with E-state index in [0.717, 1.165) is 12.8 Å². The van der Waals surface area contributed by atoms with Crippen molar-refractivity contribution in [2.75, 3.05) is 13.7 Å². The molecule has 3 nitrogen and oxygen atoms in total. The van der Waals surface area contributed by atoms with Gasteiger partial charge in [-0.2, -0.15) is 0 Å². The summed E-state index contributed by atoms with van der Waals surface area (Å²) in [6.45, 7) is 2.43. The first kappa shape index (κ1) is 13.0. The minimum Gasteiger partial charge on any atom is -0.494 e. The van der Waals surface area contributed by atoms with Gasteiger partial charge in [0.2, 0.25) is 0 Å². The predicted molar refractivity (Wildman–Crippen MR) is 65.3 cm³/mol. The minimum absolute atomic E-state index is 0.00423. The maximum Gasteiger partial charge on any atom is 0.168 e. The summed E-state index contributed by atoms with van der Waals surface area (Å²) in [5.74, 6) is -0.251. The van der Waals surface area contributed by atoms with Crippen molar-refractivity contribution in [1.82, 2.24) is 0 Å². The van der Waals surface area contributed by atoms with Crippen molar-refractivity contribution in [1.29, 1.82) is 0 Å². The van der Waals surface area contributed by atoms with E-state index in [1.165, 1.54) is 19.2 Å². The zero-order valence-electron chi connectivity index (χ0n) is 10.7. The number of Topliss-reactive ketones (excluding diaryl/α,β-unsaturated/α-hetero) is 1. The standard InChI is InChI=1S/C14H17FO3/c1-14(6-3-7-18-14)13(16)9-10-4-5-12(17-2)11(15)8-10/h4-5,8H,3,6-7,9H2,1-2H3. The summed E-state index contributed by atoms with van der Waals surface area (Å²) < 4.78 is 23.8. The van der Waals surface area contributed by atoms with Crippen LogP contribution in [0.1, 0.15) is 25.3 Å². The third kappa shape index (κ3) is 2.53. The van der Waals surface area contributed by atoms with E-state index in [9.17, 15) is 9.18 Å². The van der Waals surface area contributed by atoms with Crippen molar-refractivity contribution >= 4 is 5.78 Å². The van der Waals surface area contributed by atoms with Crippen LogP contribution >= 0.6 is 0 Å². The van der Waals surface area contributed by atoms with Gasteiger partial charge in [-0.25, -0.2) is 4.39 Å². The molecule has 0 aromatic heterocycles. The van der Waals surface area contributed by atoms with Gasteiger partial charge in [-0.15, -0.1) is 0 Å². The van der Waals surface area contributed by atoms with Crippen molar-refractivity contribution in [3.8, 4) is 5.75 Å². The lowest BCUT2D eigenvalue weighted by molar-refractivity contribution is -0.136. The zero-order chi connectivity index (χ0) is 13.2. The highest BCUT2D eigenvalue weighted by Gasteiger charge is 2.37. The molecule has 1 aliphatic rings. The molecule has 1 saturated heterocycles. The van der Waals surface area contributed by atoms with Gasteiger partial charge >= 0.3 is 0 Å². The van der Waals surface area contributed by atoms with Crippen LogP contribution < -0.4 is 4.74 Å². The normalized spacial score (nSPS) is 23.1. The van der Waals surface area contributed by atoms with Crippen LogP contribution in [0, 0.1) is 5.82 Å². The zero-order valence-corrected chi connectivity index (χ0v) is 10.7. The second-order valence-corrected chi connectivity index (χ2v) is 4.75. The number of hydrogen-bond acceptors (Lipinski definition) is 3. The molecule has 4 heteroatoms. The average molecular weight is 252 g/mol. The van der Waals surface area contributed by atoms with Crippen LogP contribution in [0.3, 0.4) is 0 Å². The molecular formula is C14H17FO3. The lowest BCUT2D eigenvalue weighted by atomic mass is 9.92. The Morgan fingerprint density at radius 2 is 2.33 bits per heavy atom. The third-order valence-electron chi connectivity index (χ3n) is 3.39. The van der Waals surface area contributed by atoms with Gasteiger partial charge in [-0.3, -0.25) is 4.79 Å². The molecule has 0 aliphatic carbocycles. The Balaban J connectivity index is 2.09.